The Kier molecular flexibility index (Phi) is 12.3. The molecular weight excluding hydrogens is 408 g/mol. The lowest BCUT2D eigenvalue weighted by Gasteiger charge is -2.03. The molecule has 0 saturated heterocycles. The summed E-state index contributed by atoms with van der Waals surface area (Å²) in [5.74, 6) is 0. The summed E-state index contributed by atoms with van der Waals surface area (Å²) >= 11 is 9.12. The fraction of sp³-hybridized carbons (Fsp3) is 0.778. The van der Waals surface area contributed by atoms with Crippen LogP contribution >= 0.6 is 43.2 Å². The van der Waals surface area contributed by atoms with Gasteiger partial charge in [0.2, 0.25) is 0 Å². The van der Waals surface area contributed by atoms with Crippen LogP contribution in [-0.2, 0) is 17.1 Å². The van der Waals surface area contributed by atoms with Gasteiger partial charge in [-0.2, -0.15) is 0 Å². The highest BCUT2D eigenvalue weighted by molar-refractivity contribution is 9.09. The Morgan fingerprint density at radius 2 is 1.38 bits per heavy atom. The maximum absolute atomic E-state index is 3.61. The van der Waals surface area contributed by atoms with Crippen LogP contribution in [-0.4, -0.2) is 0 Å². The molecule has 0 saturated carbocycles. The summed E-state index contributed by atoms with van der Waals surface area (Å²) < 4.78 is 0. The summed E-state index contributed by atoms with van der Waals surface area (Å²) in [6, 6.07) is 2.39. The van der Waals surface area contributed by atoms with Gasteiger partial charge in [-0.25, -0.2) is 0 Å². The summed E-state index contributed by atoms with van der Waals surface area (Å²) in [5, 5.41) is 2.01. The second-order valence-corrected chi connectivity index (χ2v) is 8.20. The maximum atomic E-state index is 3.61. The van der Waals surface area contributed by atoms with Crippen LogP contribution in [0.1, 0.15) is 86.4 Å². The minimum Gasteiger partial charge on any atom is -0.143 e. The molecule has 1 aromatic heterocycles. The lowest BCUT2D eigenvalue weighted by molar-refractivity contribution is 0.556. The molecule has 0 aliphatic rings. The normalized spacial score (nSPS) is 11.2. The molecule has 0 fully saturated rings. The zero-order chi connectivity index (χ0) is 15.3. The third kappa shape index (κ3) is 8.76. The molecule has 1 rings (SSSR count). The van der Waals surface area contributed by atoms with Gasteiger partial charge in [0, 0.05) is 20.4 Å². The van der Waals surface area contributed by atoms with E-state index in [4.69, 9.17) is 0 Å². The summed E-state index contributed by atoms with van der Waals surface area (Å²) in [4.78, 5) is 2.99. The Morgan fingerprint density at radius 3 is 1.90 bits per heavy atom. The molecule has 0 unspecified atom stereocenters. The van der Waals surface area contributed by atoms with Crippen LogP contribution < -0.4 is 0 Å². The molecule has 0 bridgehead atoms. The van der Waals surface area contributed by atoms with E-state index in [2.05, 4.69) is 44.8 Å². The van der Waals surface area contributed by atoms with E-state index in [1.807, 2.05) is 11.3 Å². The lowest BCUT2D eigenvalue weighted by atomic mass is 10.0. The molecule has 21 heavy (non-hydrogen) atoms. The van der Waals surface area contributed by atoms with Crippen molar-refractivity contribution in [3.8, 4) is 0 Å². The Morgan fingerprint density at radius 1 is 0.810 bits per heavy atom. The molecule has 0 atom stereocenters. The van der Waals surface area contributed by atoms with E-state index in [0.717, 1.165) is 10.7 Å². The van der Waals surface area contributed by atoms with Gasteiger partial charge in [0.15, 0.2) is 0 Å². The number of unbranched alkanes of at least 4 members (excludes halogenated alkanes) is 9. The molecule has 1 aromatic rings. The van der Waals surface area contributed by atoms with E-state index in [1.165, 1.54) is 80.4 Å². The largest absolute Gasteiger partial charge is 0.143 e. The molecule has 122 valence electrons. The topological polar surface area (TPSA) is 0 Å². The van der Waals surface area contributed by atoms with Crippen LogP contribution in [0.15, 0.2) is 6.07 Å². The van der Waals surface area contributed by atoms with E-state index in [-0.39, 0.29) is 0 Å². The zero-order valence-electron chi connectivity index (χ0n) is 13.4. The first-order valence-corrected chi connectivity index (χ1v) is 11.6. The SMILES string of the molecule is CCCCCCCCCCCCc1cc(CBr)sc1CBr. The smallest absolute Gasteiger partial charge is 0.0380 e. The quantitative estimate of drug-likeness (QED) is 0.216. The van der Waals surface area contributed by atoms with Crippen LogP contribution in [0.25, 0.3) is 0 Å². The van der Waals surface area contributed by atoms with Gasteiger partial charge in [-0.15, -0.1) is 11.3 Å². The van der Waals surface area contributed by atoms with Crippen LogP contribution in [0.5, 0.6) is 0 Å². The summed E-state index contributed by atoms with van der Waals surface area (Å²) in [5.41, 5.74) is 1.57. The van der Waals surface area contributed by atoms with Crippen molar-refractivity contribution in [2.75, 3.05) is 0 Å². The summed E-state index contributed by atoms with van der Waals surface area (Å²) in [6.45, 7) is 2.29. The van der Waals surface area contributed by atoms with E-state index < -0.39 is 0 Å². The molecule has 0 aliphatic heterocycles. The minimum atomic E-state index is 0.996. The zero-order valence-corrected chi connectivity index (χ0v) is 17.4. The van der Waals surface area contributed by atoms with E-state index in [9.17, 15) is 0 Å². The van der Waals surface area contributed by atoms with Crippen molar-refractivity contribution in [2.45, 2.75) is 88.2 Å². The molecular formula is C18H30Br2S. The molecule has 3 heteroatoms. The Bertz CT molecular complexity index is 360. The molecule has 0 aromatic carbocycles. The predicted molar refractivity (Wildman–Crippen MR) is 105 cm³/mol. The Balaban J connectivity index is 2.02. The average molecular weight is 438 g/mol. The molecule has 0 N–H and O–H groups in total. The number of hydrogen-bond acceptors (Lipinski definition) is 1. The van der Waals surface area contributed by atoms with Gasteiger partial charge in [0.25, 0.3) is 0 Å². The number of aryl methyl sites for hydroxylation is 1. The van der Waals surface area contributed by atoms with Crippen molar-refractivity contribution in [1.82, 2.24) is 0 Å². The van der Waals surface area contributed by atoms with E-state index >= 15 is 0 Å². The van der Waals surface area contributed by atoms with Crippen LogP contribution in [0, 0.1) is 0 Å². The van der Waals surface area contributed by atoms with Gasteiger partial charge in [-0.1, -0.05) is 96.6 Å². The second kappa shape index (κ2) is 13.1. The third-order valence-electron chi connectivity index (χ3n) is 4.00. The van der Waals surface area contributed by atoms with Crippen LogP contribution in [0.2, 0.25) is 0 Å². The van der Waals surface area contributed by atoms with Gasteiger partial charge in [0.05, 0.1) is 0 Å². The van der Waals surface area contributed by atoms with Crippen molar-refractivity contribution in [3.05, 3.63) is 21.4 Å². The average Bonchev–Trinajstić information content (AvgIpc) is 2.91. The minimum absolute atomic E-state index is 0.996. The van der Waals surface area contributed by atoms with E-state index in [0.29, 0.717) is 0 Å². The maximum Gasteiger partial charge on any atom is 0.0380 e. The van der Waals surface area contributed by atoms with Crippen LogP contribution in [0.3, 0.4) is 0 Å². The number of halogens is 2. The molecule has 0 nitrogen and oxygen atoms in total. The third-order valence-corrected chi connectivity index (χ3v) is 7.08. The van der Waals surface area contributed by atoms with Gasteiger partial charge in [0.1, 0.15) is 0 Å². The van der Waals surface area contributed by atoms with Crippen molar-refractivity contribution in [1.29, 1.82) is 0 Å². The van der Waals surface area contributed by atoms with Crippen molar-refractivity contribution in [2.24, 2.45) is 0 Å². The van der Waals surface area contributed by atoms with E-state index in [1.54, 1.807) is 5.56 Å². The number of hydrogen-bond donors (Lipinski definition) is 0. The summed E-state index contributed by atoms with van der Waals surface area (Å²) in [7, 11) is 0. The first kappa shape index (κ1) is 19.7. The molecule has 1 heterocycles. The predicted octanol–water partition coefficient (Wildman–Crippen LogP) is 8.00. The fourth-order valence-electron chi connectivity index (χ4n) is 2.72. The molecule has 0 amide bonds. The van der Waals surface area contributed by atoms with Crippen molar-refractivity contribution in [3.63, 3.8) is 0 Å². The highest BCUT2D eigenvalue weighted by Gasteiger charge is 2.07. The monoisotopic (exact) mass is 436 g/mol. The Hall–Kier alpha value is 0.660. The fourth-order valence-corrected chi connectivity index (χ4v) is 4.85. The number of thiophene rings is 1. The van der Waals surface area contributed by atoms with Gasteiger partial charge in [-0.3, -0.25) is 0 Å². The van der Waals surface area contributed by atoms with Gasteiger partial charge < -0.3 is 0 Å². The molecule has 0 spiro atoms. The van der Waals surface area contributed by atoms with Gasteiger partial charge in [-0.05, 0) is 24.5 Å². The number of rotatable bonds is 13. The first-order valence-electron chi connectivity index (χ1n) is 8.54. The highest BCUT2D eigenvalue weighted by Crippen LogP contribution is 2.28. The molecule has 0 aliphatic carbocycles. The molecule has 0 radical (unpaired) electrons. The first-order chi connectivity index (χ1) is 10.3. The van der Waals surface area contributed by atoms with Gasteiger partial charge >= 0.3 is 0 Å². The Labute approximate surface area is 152 Å². The standard InChI is InChI=1S/C18H30Br2S/c1-2-3-4-5-6-7-8-9-10-11-12-16-13-17(14-19)21-18(16)15-20/h13H,2-12,14-15H2,1H3. The van der Waals surface area contributed by atoms with Crippen molar-refractivity contribution < 1.29 is 0 Å². The highest BCUT2D eigenvalue weighted by atomic mass is 79.9. The number of alkyl halides is 2. The van der Waals surface area contributed by atoms with Crippen molar-refractivity contribution >= 4 is 43.2 Å². The second-order valence-electron chi connectivity index (χ2n) is 5.86. The summed E-state index contributed by atoms with van der Waals surface area (Å²) in [6.07, 6.45) is 15.5. The lowest BCUT2D eigenvalue weighted by Crippen LogP contribution is -1.88. The van der Waals surface area contributed by atoms with Crippen LogP contribution in [0.4, 0.5) is 0 Å².